The predicted octanol–water partition coefficient (Wildman–Crippen LogP) is 2.67. The van der Waals surface area contributed by atoms with E-state index in [4.69, 9.17) is 0 Å². The number of hydrogen-bond donors (Lipinski definition) is 2. The van der Waals surface area contributed by atoms with Crippen LogP contribution in [-0.4, -0.2) is 35.0 Å². The normalized spacial score (nSPS) is 16.7. The van der Waals surface area contributed by atoms with E-state index in [0.29, 0.717) is 13.0 Å². The fourth-order valence-corrected chi connectivity index (χ4v) is 3.34. The van der Waals surface area contributed by atoms with Gasteiger partial charge in [0.1, 0.15) is 0 Å². The van der Waals surface area contributed by atoms with Crippen molar-refractivity contribution in [1.29, 1.82) is 0 Å². The molecule has 0 spiro atoms. The van der Waals surface area contributed by atoms with Gasteiger partial charge in [0.15, 0.2) is 0 Å². The molecule has 132 valence electrons. The van der Waals surface area contributed by atoms with Crippen molar-refractivity contribution in [2.24, 2.45) is 0 Å². The van der Waals surface area contributed by atoms with Crippen LogP contribution in [0.15, 0.2) is 54.6 Å². The Labute approximate surface area is 149 Å². The van der Waals surface area contributed by atoms with Crippen LogP contribution in [0.4, 0.5) is 0 Å². The average Bonchev–Trinajstić information content (AvgIpc) is 2.67. The third-order valence-electron chi connectivity index (χ3n) is 4.99. The highest BCUT2D eigenvalue weighted by atomic mass is 16.3. The number of benzene rings is 2. The first-order valence-electron chi connectivity index (χ1n) is 8.96. The molecule has 0 saturated carbocycles. The van der Waals surface area contributed by atoms with Crippen LogP contribution in [0.3, 0.4) is 0 Å². The van der Waals surface area contributed by atoms with Gasteiger partial charge in [-0.2, -0.15) is 0 Å². The Morgan fingerprint density at radius 2 is 1.80 bits per heavy atom. The summed E-state index contributed by atoms with van der Waals surface area (Å²) in [7, 11) is 0. The van der Waals surface area contributed by atoms with Gasteiger partial charge in [-0.25, -0.2) is 0 Å². The van der Waals surface area contributed by atoms with Crippen LogP contribution in [0.5, 0.6) is 0 Å². The van der Waals surface area contributed by atoms with Crippen LogP contribution in [-0.2, 0) is 17.8 Å². The fourth-order valence-electron chi connectivity index (χ4n) is 3.34. The number of hydrogen-bond acceptors (Lipinski definition) is 3. The second-order valence-corrected chi connectivity index (χ2v) is 6.67. The topological polar surface area (TPSA) is 52.6 Å². The van der Waals surface area contributed by atoms with E-state index in [1.807, 2.05) is 37.3 Å². The quantitative estimate of drug-likeness (QED) is 0.851. The van der Waals surface area contributed by atoms with E-state index < -0.39 is 6.10 Å². The predicted molar refractivity (Wildman–Crippen MR) is 99.0 cm³/mol. The Morgan fingerprint density at radius 1 is 1.12 bits per heavy atom. The van der Waals surface area contributed by atoms with Gasteiger partial charge in [-0.05, 0) is 36.5 Å². The molecule has 0 bridgehead atoms. The molecule has 2 N–H and O–H groups in total. The van der Waals surface area contributed by atoms with Gasteiger partial charge < -0.3 is 10.4 Å². The monoisotopic (exact) mass is 338 g/mol. The first-order valence-corrected chi connectivity index (χ1v) is 8.96. The highest BCUT2D eigenvalue weighted by Gasteiger charge is 2.25. The van der Waals surface area contributed by atoms with Gasteiger partial charge in [0.25, 0.3) is 0 Å². The van der Waals surface area contributed by atoms with Gasteiger partial charge in [0, 0.05) is 19.6 Å². The zero-order chi connectivity index (χ0) is 17.6. The van der Waals surface area contributed by atoms with Gasteiger partial charge in [-0.1, -0.05) is 54.6 Å². The van der Waals surface area contributed by atoms with Crippen LogP contribution < -0.4 is 5.32 Å². The summed E-state index contributed by atoms with van der Waals surface area (Å²) < 4.78 is 0. The van der Waals surface area contributed by atoms with Gasteiger partial charge in [-0.3, -0.25) is 9.69 Å². The minimum Gasteiger partial charge on any atom is -0.388 e. The van der Waals surface area contributed by atoms with Crippen molar-refractivity contribution in [1.82, 2.24) is 10.2 Å². The molecule has 0 aliphatic carbocycles. The molecule has 2 aromatic rings. The number of nitrogens with one attached hydrogen (secondary N) is 1. The third-order valence-corrected chi connectivity index (χ3v) is 4.99. The minimum absolute atomic E-state index is 0.0274. The van der Waals surface area contributed by atoms with Crippen molar-refractivity contribution in [3.63, 3.8) is 0 Å². The van der Waals surface area contributed by atoms with Crippen molar-refractivity contribution in [3.8, 4) is 0 Å². The SMILES string of the molecule is CC(C(=O)NCCC(O)c1ccccc1)N1CCc2ccccc2C1. The molecule has 4 nitrogen and oxygen atoms in total. The number of nitrogens with zero attached hydrogens (tertiary/aromatic N) is 1. The van der Waals surface area contributed by atoms with Crippen molar-refractivity contribution >= 4 is 5.91 Å². The summed E-state index contributed by atoms with van der Waals surface area (Å²) in [5.74, 6) is 0.0274. The molecule has 1 amide bonds. The molecule has 0 saturated heterocycles. The summed E-state index contributed by atoms with van der Waals surface area (Å²) in [6.07, 6.45) is 0.963. The summed E-state index contributed by atoms with van der Waals surface area (Å²) in [5.41, 5.74) is 3.59. The molecule has 0 fully saturated rings. The summed E-state index contributed by atoms with van der Waals surface area (Å²) >= 11 is 0. The number of rotatable bonds is 6. The maximum absolute atomic E-state index is 12.4. The van der Waals surface area contributed by atoms with Crippen LogP contribution in [0.25, 0.3) is 0 Å². The van der Waals surface area contributed by atoms with Crippen molar-refractivity contribution in [2.45, 2.75) is 38.5 Å². The third kappa shape index (κ3) is 4.47. The Hall–Kier alpha value is -2.17. The zero-order valence-electron chi connectivity index (χ0n) is 14.7. The average molecular weight is 338 g/mol. The van der Waals surface area contributed by atoms with Gasteiger partial charge in [-0.15, -0.1) is 0 Å². The largest absolute Gasteiger partial charge is 0.388 e. The summed E-state index contributed by atoms with van der Waals surface area (Å²) in [5, 5.41) is 13.1. The molecular formula is C21H26N2O2. The Bertz CT molecular complexity index is 702. The number of amides is 1. The highest BCUT2D eigenvalue weighted by molar-refractivity contribution is 5.81. The maximum Gasteiger partial charge on any atom is 0.237 e. The molecule has 0 aromatic heterocycles. The van der Waals surface area contributed by atoms with Crippen LogP contribution in [0.2, 0.25) is 0 Å². The first-order chi connectivity index (χ1) is 12.1. The maximum atomic E-state index is 12.4. The molecule has 2 aromatic carbocycles. The lowest BCUT2D eigenvalue weighted by Crippen LogP contribution is -2.47. The van der Waals surface area contributed by atoms with E-state index in [0.717, 1.165) is 25.1 Å². The number of aliphatic hydroxyl groups is 1. The van der Waals surface area contributed by atoms with Gasteiger partial charge in [0.05, 0.1) is 12.1 Å². The minimum atomic E-state index is -0.543. The lowest BCUT2D eigenvalue weighted by molar-refractivity contribution is -0.126. The molecule has 25 heavy (non-hydrogen) atoms. The Morgan fingerprint density at radius 3 is 2.56 bits per heavy atom. The molecule has 1 aliphatic rings. The standard InChI is InChI=1S/C21H26N2O2/c1-16(23-14-12-17-7-5-6-10-19(17)15-23)21(25)22-13-11-20(24)18-8-3-2-4-9-18/h2-10,16,20,24H,11-15H2,1H3,(H,22,25). The zero-order valence-corrected chi connectivity index (χ0v) is 14.7. The molecule has 1 heterocycles. The number of carbonyl (C=O) groups is 1. The van der Waals surface area contributed by atoms with Gasteiger partial charge >= 0.3 is 0 Å². The lowest BCUT2D eigenvalue weighted by Gasteiger charge is -2.33. The van der Waals surface area contributed by atoms with Gasteiger partial charge in [0.2, 0.25) is 5.91 Å². The lowest BCUT2D eigenvalue weighted by atomic mass is 9.99. The molecule has 3 rings (SSSR count). The second kappa shape index (κ2) is 8.28. The molecular weight excluding hydrogens is 312 g/mol. The highest BCUT2D eigenvalue weighted by Crippen LogP contribution is 2.20. The number of fused-ring (bicyclic) bond motifs is 1. The van der Waals surface area contributed by atoms with Crippen LogP contribution in [0, 0.1) is 0 Å². The Kier molecular flexibility index (Phi) is 5.84. The molecule has 2 unspecified atom stereocenters. The number of carbonyl (C=O) groups excluding carboxylic acids is 1. The van der Waals surface area contributed by atoms with E-state index in [9.17, 15) is 9.90 Å². The molecule has 4 heteroatoms. The fraction of sp³-hybridized carbons (Fsp3) is 0.381. The number of aliphatic hydroxyl groups excluding tert-OH is 1. The van der Waals surface area contributed by atoms with E-state index in [-0.39, 0.29) is 11.9 Å². The smallest absolute Gasteiger partial charge is 0.237 e. The Balaban J connectivity index is 1.47. The van der Waals surface area contributed by atoms with Crippen LogP contribution in [0.1, 0.15) is 36.1 Å². The van der Waals surface area contributed by atoms with E-state index in [1.165, 1.54) is 11.1 Å². The molecule has 0 radical (unpaired) electrons. The molecule has 2 atom stereocenters. The van der Waals surface area contributed by atoms with E-state index in [1.54, 1.807) is 0 Å². The summed E-state index contributed by atoms with van der Waals surface area (Å²) in [6.45, 7) is 4.15. The van der Waals surface area contributed by atoms with Crippen molar-refractivity contribution in [3.05, 3.63) is 71.3 Å². The van der Waals surface area contributed by atoms with Crippen LogP contribution >= 0.6 is 0 Å². The summed E-state index contributed by atoms with van der Waals surface area (Å²) in [4.78, 5) is 14.7. The summed E-state index contributed by atoms with van der Waals surface area (Å²) in [6, 6.07) is 17.8. The molecule has 1 aliphatic heterocycles. The van der Waals surface area contributed by atoms with Crippen molar-refractivity contribution < 1.29 is 9.90 Å². The second-order valence-electron chi connectivity index (χ2n) is 6.67. The van der Waals surface area contributed by atoms with E-state index in [2.05, 4.69) is 34.5 Å². The van der Waals surface area contributed by atoms with Crippen molar-refractivity contribution in [2.75, 3.05) is 13.1 Å². The first kappa shape index (κ1) is 17.6. The van der Waals surface area contributed by atoms with E-state index >= 15 is 0 Å².